The first-order valence-electron chi connectivity index (χ1n) is 6.47. The lowest BCUT2D eigenvalue weighted by Crippen LogP contribution is -2.14. The minimum absolute atomic E-state index is 0.0433. The summed E-state index contributed by atoms with van der Waals surface area (Å²) in [7, 11) is 0. The summed E-state index contributed by atoms with van der Waals surface area (Å²) in [6.07, 6.45) is 6.69. The molecule has 6 heteroatoms. The molecule has 5 nitrogen and oxygen atoms in total. The monoisotopic (exact) mass is 285 g/mol. The maximum Gasteiger partial charge on any atom is 0.193 e. The van der Waals surface area contributed by atoms with Gasteiger partial charge in [-0.15, -0.1) is 0 Å². The summed E-state index contributed by atoms with van der Waals surface area (Å²) in [6.45, 7) is 1.95. The van der Waals surface area contributed by atoms with Gasteiger partial charge >= 0.3 is 0 Å². The molecule has 3 N–H and O–H groups in total. The fraction of sp³-hybridized carbons (Fsp3) is 0.286. The second-order valence-corrected chi connectivity index (χ2v) is 5.82. The fourth-order valence-electron chi connectivity index (χ4n) is 2.24. The van der Waals surface area contributed by atoms with Crippen LogP contribution in [-0.2, 0) is 12.8 Å². The van der Waals surface area contributed by atoms with E-state index in [4.69, 9.17) is 11.1 Å². The highest BCUT2D eigenvalue weighted by Gasteiger charge is 2.19. The molecule has 0 amide bonds. The Balaban J connectivity index is 1.99. The van der Waals surface area contributed by atoms with Gasteiger partial charge in [0.15, 0.2) is 5.16 Å². The van der Waals surface area contributed by atoms with E-state index >= 15 is 0 Å². The molecule has 0 bridgehead atoms. The van der Waals surface area contributed by atoms with Crippen LogP contribution in [0.4, 0.5) is 0 Å². The van der Waals surface area contributed by atoms with Crippen molar-refractivity contribution in [2.45, 2.75) is 36.4 Å². The number of amidine groups is 1. The van der Waals surface area contributed by atoms with Crippen molar-refractivity contribution in [3.05, 3.63) is 40.8 Å². The number of aryl methyl sites for hydroxylation is 3. The van der Waals surface area contributed by atoms with Crippen LogP contribution in [0.25, 0.3) is 0 Å². The first-order chi connectivity index (χ1) is 9.63. The maximum atomic E-state index is 7.72. The smallest absolute Gasteiger partial charge is 0.193 e. The Hall–Kier alpha value is -1.95. The molecule has 2 heterocycles. The quantitative estimate of drug-likeness (QED) is 0.512. The van der Waals surface area contributed by atoms with Crippen molar-refractivity contribution in [2.75, 3.05) is 0 Å². The van der Waals surface area contributed by atoms with Gasteiger partial charge in [0.2, 0.25) is 0 Å². The van der Waals surface area contributed by atoms with Crippen molar-refractivity contribution in [3.8, 4) is 0 Å². The topological polar surface area (TPSA) is 88.5 Å². The lowest BCUT2D eigenvalue weighted by molar-refractivity contribution is 0.889. The van der Waals surface area contributed by atoms with Crippen molar-refractivity contribution in [1.82, 2.24) is 15.0 Å². The van der Waals surface area contributed by atoms with Gasteiger partial charge in [0.25, 0.3) is 0 Å². The molecule has 0 unspecified atom stereocenters. The molecule has 0 atom stereocenters. The van der Waals surface area contributed by atoms with Gasteiger partial charge in [-0.2, -0.15) is 0 Å². The second-order valence-electron chi connectivity index (χ2n) is 4.86. The van der Waals surface area contributed by atoms with Gasteiger partial charge in [-0.1, -0.05) is 0 Å². The van der Waals surface area contributed by atoms with Crippen LogP contribution in [0.2, 0.25) is 0 Å². The average Bonchev–Trinajstić information content (AvgIpc) is 2.87. The van der Waals surface area contributed by atoms with Crippen molar-refractivity contribution in [1.29, 1.82) is 5.41 Å². The van der Waals surface area contributed by atoms with E-state index < -0.39 is 0 Å². The van der Waals surface area contributed by atoms with Crippen LogP contribution in [0.3, 0.4) is 0 Å². The summed E-state index contributed by atoms with van der Waals surface area (Å²) in [5.74, 6) is 0.0433. The minimum atomic E-state index is 0.0433. The van der Waals surface area contributed by atoms with Crippen molar-refractivity contribution < 1.29 is 0 Å². The SMILES string of the molecule is Cc1cnc(Sc2nc3c(cc2C(=N)N)CCC3)nc1. The van der Waals surface area contributed by atoms with Crippen LogP contribution < -0.4 is 5.73 Å². The molecule has 0 fully saturated rings. The summed E-state index contributed by atoms with van der Waals surface area (Å²) < 4.78 is 0. The van der Waals surface area contributed by atoms with E-state index in [1.54, 1.807) is 12.4 Å². The molecule has 2 aromatic rings. The van der Waals surface area contributed by atoms with Crippen molar-refractivity contribution in [2.24, 2.45) is 5.73 Å². The Labute approximate surface area is 121 Å². The van der Waals surface area contributed by atoms with Gasteiger partial charge in [-0.3, -0.25) is 5.41 Å². The predicted molar refractivity (Wildman–Crippen MR) is 78.2 cm³/mol. The lowest BCUT2D eigenvalue weighted by atomic mass is 10.1. The van der Waals surface area contributed by atoms with Gasteiger partial charge in [0.05, 0.1) is 0 Å². The number of hydrogen-bond acceptors (Lipinski definition) is 5. The molecule has 2 aromatic heterocycles. The first-order valence-corrected chi connectivity index (χ1v) is 7.29. The van der Waals surface area contributed by atoms with E-state index in [0.29, 0.717) is 10.7 Å². The summed E-state index contributed by atoms with van der Waals surface area (Å²) in [5.41, 5.74) is 9.70. The molecule has 0 saturated heterocycles. The number of rotatable bonds is 3. The van der Waals surface area contributed by atoms with E-state index in [2.05, 4.69) is 15.0 Å². The van der Waals surface area contributed by atoms with Crippen molar-refractivity contribution in [3.63, 3.8) is 0 Å². The molecule has 0 radical (unpaired) electrons. The van der Waals surface area contributed by atoms with Crippen LogP contribution in [0.5, 0.6) is 0 Å². The van der Waals surface area contributed by atoms with Gasteiger partial charge in [0.1, 0.15) is 10.9 Å². The fourth-order valence-corrected chi connectivity index (χ4v) is 3.06. The van der Waals surface area contributed by atoms with E-state index in [1.165, 1.54) is 17.3 Å². The minimum Gasteiger partial charge on any atom is -0.384 e. The van der Waals surface area contributed by atoms with Gasteiger partial charge < -0.3 is 5.73 Å². The Morgan fingerprint density at radius 3 is 2.75 bits per heavy atom. The predicted octanol–water partition coefficient (Wildman–Crippen LogP) is 2.10. The zero-order chi connectivity index (χ0) is 14.1. The Bertz CT molecular complexity index is 666. The van der Waals surface area contributed by atoms with Gasteiger partial charge in [-0.25, -0.2) is 15.0 Å². The Morgan fingerprint density at radius 1 is 1.30 bits per heavy atom. The molecule has 0 aromatic carbocycles. The molecule has 0 spiro atoms. The molecular formula is C14H15N5S. The van der Waals surface area contributed by atoms with Crippen molar-refractivity contribution >= 4 is 17.6 Å². The molecular weight excluding hydrogens is 270 g/mol. The standard InChI is InChI=1S/C14H15N5S/c1-8-6-17-14(18-7-8)20-13-10(12(15)16)5-9-3-2-4-11(9)19-13/h5-7H,2-4H2,1H3,(H3,15,16). The first kappa shape index (κ1) is 13.1. The number of fused-ring (bicyclic) bond motifs is 1. The number of nitrogen functional groups attached to an aromatic ring is 1. The van der Waals surface area contributed by atoms with Gasteiger partial charge in [-0.05, 0) is 55.1 Å². The number of aromatic nitrogens is 3. The third-order valence-electron chi connectivity index (χ3n) is 3.25. The van der Waals surface area contributed by atoms with Gasteiger partial charge in [0, 0.05) is 23.7 Å². The molecule has 0 saturated carbocycles. The van der Waals surface area contributed by atoms with E-state index in [-0.39, 0.29) is 5.84 Å². The Morgan fingerprint density at radius 2 is 2.05 bits per heavy atom. The lowest BCUT2D eigenvalue weighted by Gasteiger charge is -2.09. The number of nitrogens with two attached hydrogens (primary N) is 1. The molecule has 3 rings (SSSR count). The second kappa shape index (κ2) is 5.20. The van der Waals surface area contributed by atoms with Crippen LogP contribution in [-0.4, -0.2) is 20.8 Å². The third-order valence-corrected chi connectivity index (χ3v) is 4.15. The van der Waals surface area contributed by atoms with Crippen LogP contribution >= 0.6 is 11.8 Å². The number of nitrogens with one attached hydrogen (secondary N) is 1. The molecule has 1 aliphatic carbocycles. The van der Waals surface area contributed by atoms with Crippen LogP contribution in [0.1, 0.15) is 28.8 Å². The van der Waals surface area contributed by atoms with E-state index in [1.807, 2.05) is 13.0 Å². The highest BCUT2D eigenvalue weighted by atomic mass is 32.2. The highest BCUT2D eigenvalue weighted by Crippen LogP contribution is 2.30. The van der Waals surface area contributed by atoms with E-state index in [0.717, 1.165) is 35.5 Å². The third kappa shape index (κ3) is 2.51. The highest BCUT2D eigenvalue weighted by molar-refractivity contribution is 7.99. The van der Waals surface area contributed by atoms with Crippen LogP contribution in [0, 0.1) is 12.3 Å². The largest absolute Gasteiger partial charge is 0.384 e. The number of pyridine rings is 1. The summed E-state index contributed by atoms with van der Waals surface area (Å²) in [5, 5.41) is 9.07. The van der Waals surface area contributed by atoms with E-state index in [9.17, 15) is 0 Å². The number of hydrogen-bond donors (Lipinski definition) is 2. The molecule has 20 heavy (non-hydrogen) atoms. The normalized spacial score (nSPS) is 13.2. The Kier molecular flexibility index (Phi) is 3.40. The number of nitrogens with zero attached hydrogens (tertiary/aromatic N) is 3. The summed E-state index contributed by atoms with van der Waals surface area (Å²) >= 11 is 1.36. The van der Waals surface area contributed by atoms with Crippen LogP contribution in [0.15, 0.2) is 28.6 Å². The molecule has 1 aliphatic rings. The maximum absolute atomic E-state index is 7.72. The zero-order valence-corrected chi connectivity index (χ0v) is 12.0. The summed E-state index contributed by atoms with van der Waals surface area (Å²) in [4.78, 5) is 13.2. The summed E-state index contributed by atoms with van der Waals surface area (Å²) in [6, 6.07) is 1.99. The average molecular weight is 285 g/mol. The zero-order valence-electron chi connectivity index (χ0n) is 11.2. The molecule has 102 valence electrons. The molecule has 0 aliphatic heterocycles.